The molecule has 2 atom stereocenters. The Kier molecular flexibility index (Phi) is 10.6. The van der Waals surface area contributed by atoms with Crippen LogP contribution in [0.25, 0.3) is 0 Å². The van der Waals surface area contributed by atoms with Crippen LogP contribution in [-0.4, -0.2) is 42.9 Å². The molecule has 0 aliphatic heterocycles. The highest BCUT2D eigenvalue weighted by Gasteiger charge is 2.28. The van der Waals surface area contributed by atoms with Gasteiger partial charge in [0.2, 0.25) is 5.91 Å². The van der Waals surface area contributed by atoms with E-state index in [9.17, 15) is 19.2 Å². The SMILES string of the molecule is COC(=O)[C@H](Cc1ccc(C(=O)c2ccccc2)cc1)NC(=O)[C@@H](Cc1ccccc1)NC(=O)OCc1ccccc1. The molecule has 8 nitrogen and oxygen atoms in total. The van der Waals surface area contributed by atoms with Crippen LogP contribution >= 0.6 is 0 Å². The van der Waals surface area contributed by atoms with Gasteiger partial charge >= 0.3 is 12.1 Å². The van der Waals surface area contributed by atoms with Crippen LogP contribution in [0.5, 0.6) is 0 Å². The zero-order valence-electron chi connectivity index (χ0n) is 23.2. The summed E-state index contributed by atoms with van der Waals surface area (Å²) in [5, 5.41) is 5.36. The first-order chi connectivity index (χ1) is 20.4. The maximum atomic E-state index is 13.4. The molecule has 2 N–H and O–H groups in total. The zero-order chi connectivity index (χ0) is 29.7. The van der Waals surface area contributed by atoms with Gasteiger partial charge in [-0.25, -0.2) is 9.59 Å². The number of ether oxygens (including phenoxy) is 2. The molecule has 0 bridgehead atoms. The summed E-state index contributed by atoms with van der Waals surface area (Å²) in [6, 6.07) is 32.1. The second-order valence-electron chi connectivity index (χ2n) is 9.63. The first kappa shape index (κ1) is 29.7. The molecule has 0 saturated carbocycles. The lowest BCUT2D eigenvalue weighted by Gasteiger charge is -2.22. The molecular formula is C34H32N2O6. The van der Waals surface area contributed by atoms with Gasteiger partial charge in [0.05, 0.1) is 7.11 Å². The molecule has 2 amide bonds. The minimum Gasteiger partial charge on any atom is -0.467 e. The summed E-state index contributed by atoms with van der Waals surface area (Å²) >= 11 is 0. The number of carbonyl (C=O) groups excluding carboxylic acids is 4. The van der Waals surface area contributed by atoms with Crippen molar-refractivity contribution in [1.29, 1.82) is 0 Å². The predicted octanol–water partition coefficient (Wildman–Crippen LogP) is 4.66. The number of alkyl carbamates (subject to hydrolysis) is 1. The van der Waals surface area contributed by atoms with Gasteiger partial charge in [-0.2, -0.15) is 0 Å². The van der Waals surface area contributed by atoms with Crippen molar-refractivity contribution in [2.24, 2.45) is 0 Å². The van der Waals surface area contributed by atoms with E-state index in [0.29, 0.717) is 16.7 Å². The number of esters is 1. The highest BCUT2D eigenvalue weighted by atomic mass is 16.5. The number of benzene rings is 4. The van der Waals surface area contributed by atoms with Crippen LogP contribution in [0.1, 0.15) is 32.6 Å². The molecule has 4 rings (SSSR count). The van der Waals surface area contributed by atoms with Crippen LogP contribution < -0.4 is 10.6 Å². The third-order valence-corrected chi connectivity index (χ3v) is 6.60. The van der Waals surface area contributed by atoms with Gasteiger partial charge in [-0.3, -0.25) is 9.59 Å². The first-order valence-corrected chi connectivity index (χ1v) is 13.5. The second kappa shape index (κ2) is 14.9. The van der Waals surface area contributed by atoms with Crippen molar-refractivity contribution in [2.45, 2.75) is 31.5 Å². The molecule has 214 valence electrons. The van der Waals surface area contributed by atoms with Crippen molar-refractivity contribution in [2.75, 3.05) is 7.11 Å². The highest BCUT2D eigenvalue weighted by Crippen LogP contribution is 2.13. The minimum absolute atomic E-state index is 0.0416. The molecule has 8 heteroatoms. The summed E-state index contributed by atoms with van der Waals surface area (Å²) < 4.78 is 10.3. The Morgan fingerprint density at radius 2 is 1.10 bits per heavy atom. The zero-order valence-corrected chi connectivity index (χ0v) is 23.2. The van der Waals surface area contributed by atoms with Crippen LogP contribution in [0.2, 0.25) is 0 Å². The summed E-state index contributed by atoms with van der Waals surface area (Å²) in [6.07, 6.45) is -0.463. The van der Waals surface area contributed by atoms with Gasteiger partial charge in [0.1, 0.15) is 18.7 Å². The van der Waals surface area contributed by atoms with E-state index in [-0.39, 0.29) is 25.2 Å². The molecule has 0 fully saturated rings. The smallest absolute Gasteiger partial charge is 0.408 e. The summed E-state index contributed by atoms with van der Waals surface area (Å²) in [4.78, 5) is 51.5. The van der Waals surface area contributed by atoms with E-state index in [1.807, 2.05) is 66.7 Å². The Bertz CT molecular complexity index is 1480. The molecule has 4 aromatic carbocycles. The number of carbonyl (C=O) groups is 4. The fourth-order valence-electron chi connectivity index (χ4n) is 4.36. The largest absolute Gasteiger partial charge is 0.467 e. The third kappa shape index (κ3) is 8.63. The molecule has 0 aliphatic carbocycles. The Morgan fingerprint density at radius 1 is 0.595 bits per heavy atom. The summed E-state index contributed by atoms with van der Waals surface area (Å²) in [7, 11) is 1.24. The Balaban J connectivity index is 1.44. The molecule has 0 radical (unpaired) electrons. The van der Waals surface area contributed by atoms with E-state index in [1.165, 1.54) is 7.11 Å². The van der Waals surface area contributed by atoms with Crippen molar-refractivity contribution in [3.8, 4) is 0 Å². The number of hydrogen-bond acceptors (Lipinski definition) is 6. The lowest BCUT2D eigenvalue weighted by molar-refractivity contribution is -0.145. The molecule has 0 saturated heterocycles. The maximum Gasteiger partial charge on any atom is 0.408 e. The summed E-state index contributed by atoms with van der Waals surface area (Å²) in [6.45, 7) is 0.0416. The van der Waals surface area contributed by atoms with Crippen molar-refractivity contribution >= 4 is 23.8 Å². The van der Waals surface area contributed by atoms with Gasteiger partial charge < -0.3 is 20.1 Å². The third-order valence-electron chi connectivity index (χ3n) is 6.60. The predicted molar refractivity (Wildman–Crippen MR) is 158 cm³/mol. The Labute approximate surface area is 244 Å². The average Bonchev–Trinajstić information content (AvgIpc) is 3.04. The summed E-state index contributed by atoms with van der Waals surface area (Å²) in [5.41, 5.74) is 3.41. The van der Waals surface area contributed by atoms with Crippen LogP contribution in [0.3, 0.4) is 0 Å². The van der Waals surface area contributed by atoms with Crippen LogP contribution in [0.15, 0.2) is 115 Å². The molecule has 0 unspecified atom stereocenters. The molecule has 0 aromatic heterocycles. The van der Waals surface area contributed by atoms with E-state index in [0.717, 1.165) is 11.1 Å². The highest BCUT2D eigenvalue weighted by molar-refractivity contribution is 6.08. The number of nitrogens with one attached hydrogen (secondary N) is 2. The average molecular weight is 565 g/mol. The van der Waals surface area contributed by atoms with Gasteiger partial charge in [-0.15, -0.1) is 0 Å². The second-order valence-corrected chi connectivity index (χ2v) is 9.63. The molecule has 0 spiro atoms. The normalized spacial score (nSPS) is 11.9. The monoisotopic (exact) mass is 564 g/mol. The van der Waals surface area contributed by atoms with Gasteiger partial charge in [0.25, 0.3) is 0 Å². The van der Waals surface area contributed by atoms with Crippen LogP contribution in [-0.2, 0) is 38.5 Å². The number of ketones is 1. The molecule has 0 aliphatic rings. The quantitative estimate of drug-likeness (QED) is 0.191. The number of amides is 2. The van der Waals surface area contributed by atoms with Crippen molar-refractivity contribution in [3.63, 3.8) is 0 Å². The molecule has 42 heavy (non-hydrogen) atoms. The minimum atomic E-state index is -1.03. The fraction of sp³-hybridized carbons (Fsp3) is 0.176. The van der Waals surface area contributed by atoms with Crippen molar-refractivity contribution in [3.05, 3.63) is 143 Å². The topological polar surface area (TPSA) is 111 Å². The van der Waals surface area contributed by atoms with Gasteiger partial charge in [-0.1, -0.05) is 115 Å². The standard InChI is InChI=1S/C34H32N2O6/c1-41-33(39)30(22-25-17-19-28(20-18-25)31(37)27-15-9-4-10-16-27)35-32(38)29(21-24-11-5-2-6-12-24)36-34(40)42-23-26-13-7-3-8-14-26/h2-20,29-30H,21-23H2,1H3,(H,35,38)(H,36,40)/t29-,30+/m1/s1. The van der Waals surface area contributed by atoms with E-state index in [2.05, 4.69) is 10.6 Å². The number of methoxy groups -OCH3 is 1. The van der Waals surface area contributed by atoms with Crippen molar-refractivity contribution in [1.82, 2.24) is 10.6 Å². The molecule has 4 aromatic rings. The summed E-state index contributed by atoms with van der Waals surface area (Å²) in [5.74, 6) is -1.33. The Hall–Kier alpha value is -5.24. The lowest BCUT2D eigenvalue weighted by atomic mass is 9.99. The van der Waals surface area contributed by atoms with E-state index in [4.69, 9.17) is 9.47 Å². The van der Waals surface area contributed by atoms with Gasteiger partial charge in [0, 0.05) is 24.0 Å². The lowest BCUT2D eigenvalue weighted by Crippen LogP contribution is -2.53. The Morgan fingerprint density at radius 3 is 1.69 bits per heavy atom. The van der Waals surface area contributed by atoms with E-state index >= 15 is 0 Å². The van der Waals surface area contributed by atoms with E-state index < -0.39 is 30.1 Å². The first-order valence-electron chi connectivity index (χ1n) is 13.5. The molecular weight excluding hydrogens is 532 g/mol. The molecule has 0 heterocycles. The van der Waals surface area contributed by atoms with Gasteiger partial charge in [-0.05, 0) is 16.7 Å². The fourth-order valence-corrected chi connectivity index (χ4v) is 4.36. The van der Waals surface area contributed by atoms with Crippen LogP contribution in [0, 0.1) is 0 Å². The van der Waals surface area contributed by atoms with Crippen LogP contribution in [0.4, 0.5) is 4.79 Å². The van der Waals surface area contributed by atoms with Gasteiger partial charge in [0.15, 0.2) is 5.78 Å². The number of rotatable bonds is 12. The van der Waals surface area contributed by atoms with E-state index in [1.54, 1.807) is 48.5 Å². The van der Waals surface area contributed by atoms with Crippen molar-refractivity contribution < 1.29 is 28.7 Å². The number of hydrogen-bond donors (Lipinski definition) is 2. The maximum absolute atomic E-state index is 13.4.